The topological polar surface area (TPSA) is 95.1 Å². The lowest BCUT2D eigenvalue weighted by Gasteiger charge is -2.37. The van der Waals surface area contributed by atoms with Gasteiger partial charge in [0.15, 0.2) is 11.5 Å². The number of rotatable bonds is 5. The van der Waals surface area contributed by atoms with Gasteiger partial charge in [0.05, 0.1) is 19.7 Å². The van der Waals surface area contributed by atoms with E-state index in [1.165, 1.54) is 0 Å². The fraction of sp³-hybridized carbons (Fsp3) is 0.444. The minimum Gasteiger partial charge on any atom is -0.493 e. The molecule has 26 heavy (non-hydrogen) atoms. The predicted molar refractivity (Wildman–Crippen MR) is 97.0 cm³/mol. The fourth-order valence-corrected chi connectivity index (χ4v) is 3.28. The first-order chi connectivity index (χ1) is 12.4. The summed E-state index contributed by atoms with van der Waals surface area (Å²) in [5.41, 5.74) is 1.08. The number of methoxy groups -OCH3 is 2. The van der Waals surface area contributed by atoms with E-state index in [2.05, 4.69) is 4.98 Å². The van der Waals surface area contributed by atoms with E-state index >= 15 is 0 Å². The average molecular weight is 361 g/mol. The van der Waals surface area contributed by atoms with Gasteiger partial charge in [-0.1, -0.05) is 0 Å². The Kier molecular flexibility index (Phi) is 5.15. The lowest BCUT2D eigenvalue weighted by Crippen LogP contribution is -2.54. The van der Waals surface area contributed by atoms with Crippen LogP contribution >= 0.6 is 0 Å². The second-order valence-corrected chi connectivity index (χ2v) is 6.49. The Morgan fingerprint density at radius 1 is 1.23 bits per heavy atom. The summed E-state index contributed by atoms with van der Waals surface area (Å²) < 4.78 is 10.6. The lowest BCUT2D eigenvalue weighted by molar-refractivity contribution is -0.145. The molecular formula is C18H23N3O5. The number of aliphatic carboxylic acids is 1. The number of carboxylic acids is 1. The summed E-state index contributed by atoms with van der Waals surface area (Å²) in [6.07, 6.45) is 0. The summed E-state index contributed by atoms with van der Waals surface area (Å²) in [5.74, 6) is 0.289. The first-order valence-electron chi connectivity index (χ1n) is 8.36. The summed E-state index contributed by atoms with van der Waals surface area (Å²) in [6, 6.07) is 4.81. The summed E-state index contributed by atoms with van der Waals surface area (Å²) in [4.78, 5) is 30.5. The standard InChI is InChI=1S/C18H23N3O5/c1-20-4-5-21(10-14(20)18(23)24)9-12-6-11-7-15(25-2)16(26-3)8-13(11)19-17(12)22/h6-8,14H,4-5,9-10H2,1-3H3,(H,19,22)(H,23,24). The number of nitrogens with zero attached hydrogens (tertiary/aromatic N) is 2. The maximum Gasteiger partial charge on any atom is 0.322 e. The van der Waals surface area contributed by atoms with E-state index in [4.69, 9.17) is 9.47 Å². The van der Waals surface area contributed by atoms with Gasteiger partial charge in [-0.25, -0.2) is 0 Å². The van der Waals surface area contributed by atoms with Crippen LogP contribution in [0.5, 0.6) is 11.5 Å². The number of ether oxygens (including phenoxy) is 2. The first kappa shape index (κ1) is 18.2. The van der Waals surface area contributed by atoms with Gasteiger partial charge in [-0.3, -0.25) is 19.4 Å². The monoisotopic (exact) mass is 361 g/mol. The van der Waals surface area contributed by atoms with Gasteiger partial charge in [-0.2, -0.15) is 0 Å². The number of benzene rings is 1. The molecule has 1 aromatic heterocycles. The lowest BCUT2D eigenvalue weighted by atomic mass is 10.1. The van der Waals surface area contributed by atoms with Crippen molar-refractivity contribution in [2.45, 2.75) is 12.6 Å². The Balaban J connectivity index is 1.89. The number of carboxylic acid groups (broad SMARTS) is 1. The van der Waals surface area contributed by atoms with Gasteiger partial charge in [-0.05, 0) is 19.2 Å². The normalized spacial score (nSPS) is 18.8. The van der Waals surface area contributed by atoms with Crippen molar-refractivity contribution in [2.75, 3.05) is 40.9 Å². The number of hydrogen-bond donors (Lipinski definition) is 2. The van der Waals surface area contributed by atoms with Crippen LogP contribution in [0.3, 0.4) is 0 Å². The summed E-state index contributed by atoms with van der Waals surface area (Å²) in [5, 5.41) is 10.2. The maximum absolute atomic E-state index is 12.5. The number of aromatic nitrogens is 1. The highest BCUT2D eigenvalue weighted by molar-refractivity contribution is 5.83. The number of H-pyrrole nitrogens is 1. The number of carbonyl (C=O) groups is 1. The molecule has 0 bridgehead atoms. The maximum atomic E-state index is 12.5. The second kappa shape index (κ2) is 7.35. The van der Waals surface area contributed by atoms with Crippen molar-refractivity contribution in [3.8, 4) is 11.5 Å². The molecule has 0 saturated carbocycles. The van der Waals surface area contributed by atoms with Crippen LogP contribution in [-0.2, 0) is 11.3 Å². The van der Waals surface area contributed by atoms with Crippen molar-refractivity contribution in [3.05, 3.63) is 34.1 Å². The van der Waals surface area contributed by atoms with Crippen molar-refractivity contribution in [3.63, 3.8) is 0 Å². The Morgan fingerprint density at radius 3 is 2.58 bits per heavy atom. The van der Waals surface area contributed by atoms with Gasteiger partial charge in [0.2, 0.25) is 0 Å². The van der Waals surface area contributed by atoms with Crippen LogP contribution in [0.15, 0.2) is 23.0 Å². The predicted octanol–water partition coefficient (Wildman–Crippen LogP) is 0.746. The molecule has 8 heteroatoms. The molecule has 1 fully saturated rings. The summed E-state index contributed by atoms with van der Waals surface area (Å²) >= 11 is 0. The number of hydrogen-bond acceptors (Lipinski definition) is 6. The zero-order valence-electron chi connectivity index (χ0n) is 15.1. The number of fused-ring (bicyclic) bond motifs is 1. The quantitative estimate of drug-likeness (QED) is 0.811. The van der Waals surface area contributed by atoms with Gasteiger partial charge in [0.25, 0.3) is 5.56 Å². The van der Waals surface area contributed by atoms with Crippen LogP contribution in [0.2, 0.25) is 0 Å². The van der Waals surface area contributed by atoms with Crippen molar-refractivity contribution in [1.29, 1.82) is 0 Å². The van der Waals surface area contributed by atoms with Gasteiger partial charge >= 0.3 is 5.97 Å². The smallest absolute Gasteiger partial charge is 0.322 e. The number of pyridine rings is 1. The minimum atomic E-state index is -0.846. The molecule has 1 aromatic carbocycles. The van der Waals surface area contributed by atoms with E-state index in [0.29, 0.717) is 48.8 Å². The van der Waals surface area contributed by atoms with E-state index in [1.54, 1.807) is 27.3 Å². The molecule has 0 amide bonds. The van der Waals surface area contributed by atoms with Crippen LogP contribution in [0.1, 0.15) is 5.56 Å². The molecular weight excluding hydrogens is 338 g/mol. The van der Waals surface area contributed by atoms with Crippen LogP contribution in [0.4, 0.5) is 0 Å². The van der Waals surface area contributed by atoms with Crippen molar-refractivity contribution in [2.24, 2.45) is 0 Å². The Bertz CT molecular complexity index is 879. The molecule has 1 saturated heterocycles. The van der Waals surface area contributed by atoms with E-state index in [-0.39, 0.29) is 5.56 Å². The summed E-state index contributed by atoms with van der Waals surface area (Å²) in [6.45, 7) is 2.14. The Morgan fingerprint density at radius 2 is 1.92 bits per heavy atom. The van der Waals surface area contributed by atoms with E-state index < -0.39 is 12.0 Å². The van der Waals surface area contributed by atoms with Gasteiger partial charge in [-0.15, -0.1) is 0 Å². The van der Waals surface area contributed by atoms with Crippen LogP contribution < -0.4 is 15.0 Å². The Hall–Kier alpha value is -2.58. The van der Waals surface area contributed by atoms with Crippen LogP contribution in [0.25, 0.3) is 10.9 Å². The third kappa shape index (κ3) is 3.51. The number of piperazine rings is 1. The molecule has 8 nitrogen and oxygen atoms in total. The van der Waals surface area contributed by atoms with Crippen LogP contribution in [-0.4, -0.2) is 72.8 Å². The molecule has 0 spiro atoms. The molecule has 0 aliphatic carbocycles. The third-order valence-corrected chi connectivity index (χ3v) is 4.84. The van der Waals surface area contributed by atoms with Crippen molar-refractivity contribution in [1.82, 2.24) is 14.8 Å². The molecule has 140 valence electrons. The van der Waals surface area contributed by atoms with Crippen molar-refractivity contribution >= 4 is 16.9 Å². The fourth-order valence-electron chi connectivity index (χ4n) is 3.28. The molecule has 1 aliphatic heterocycles. The molecule has 2 aromatic rings. The van der Waals surface area contributed by atoms with Crippen LogP contribution in [0, 0.1) is 0 Å². The van der Waals surface area contributed by atoms with E-state index in [1.807, 2.05) is 21.9 Å². The number of nitrogens with one attached hydrogen (secondary N) is 1. The van der Waals surface area contributed by atoms with E-state index in [0.717, 1.165) is 5.39 Å². The highest BCUT2D eigenvalue weighted by Gasteiger charge is 2.30. The SMILES string of the molecule is COc1cc2cc(CN3CCN(C)C(C(=O)O)C3)c(=O)[nH]c2cc1OC. The van der Waals surface area contributed by atoms with Crippen molar-refractivity contribution < 1.29 is 19.4 Å². The molecule has 1 atom stereocenters. The van der Waals surface area contributed by atoms with Gasteiger partial charge in [0, 0.05) is 43.2 Å². The zero-order chi connectivity index (χ0) is 18.8. The molecule has 0 radical (unpaired) electrons. The largest absolute Gasteiger partial charge is 0.493 e. The molecule has 2 N–H and O–H groups in total. The zero-order valence-corrected chi connectivity index (χ0v) is 15.1. The highest BCUT2D eigenvalue weighted by atomic mass is 16.5. The first-order valence-corrected chi connectivity index (χ1v) is 8.36. The highest BCUT2D eigenvalue weighted by Crippen LogP contribution is 2.31. The van der Waals surface area contributed by atoms with Gasteiger partial charge in [0.1, 0.15) is 6.04 Å². The molecule has 3 rings (SSSR count). The van der Waals surface area contributed by atoms with E-state index in [9.17, 15) is 14.7 Å². The number of likely N-dealkylation sites (N-methyl/N-ethyl adjacent to an activating group) is 1. The Labute approximate surface area is 150 Å². The van der Waals surface area contributed by atoms with Gasteiger partial charge < -0.3 is 19.6 Å². The molecule has 1 aliphatic rings. The average Bonchev–Trinajstić information content (AvgIpc) is 2.62. The third-order valence-electron chi connectivity index (χ3n) is 4.84. The number of aromatic amines is 1. The minimum absolute atomic E-state index is 0.185. The molecule has 1 unspecified atom stereocenters. The summed E-state index contributed by atoms with van der Waals surface area (Å²) in [7, 11) is 4.91. The molecule has 2 heterocycles. The second-order valence-electron chi connectivity index (χ2n) is 6.49.